The Labute approximate surface area is 128 Å². The summed E-state index contributed by atoms with van der Waals surface area (Å²) >= 11 is 0. The SMILES string of the molecule is COc1cccc2nc(N)nc(N[C@H](C)c3cnn(C)c3)c12. The number of ether oxygens (including phenoxy) is 1. The highest BCUT2D eigenvalue weighted by atomic mass is 16.5. The Morgan fingerprint density at radius 3 is 2.82 bits per heavy atom. The Hall–Kier alpha value is -2.83. The Morgan fingerprint density at radius 1 is 1.32 bits per heavy atom. The van der Waals surface area contributed by atoms with Gasteiger partial charge in [-0.3, -0.25) is 4.68 Å². The minimum atomic E-state index is 0.0242. The summed E-state index contributed by atoms with van der Waals surface area (Å²) in [5, 5.41) is 8.37. The molecule has 0 aliphatic carbocycles. The highest BCUT2D eigenvalue weighted by Gasteiger charge is 2.15. The molecule has 2 heterocycles. The third kappa shape index (κ3) is 2.52. The smallest absolute Gasteiger partial charge is 0.222 e. The minimum Gasteiger partial charge on any atom is -0.496 e. The van der Waals surface area contributed by atoms with Gasteiger partial charge in [0, 0.05) is 18.8 Å². The molecular weight excluding hydrogens is 280 g/mol. The van der Waals surface area contributed by atoms with Gasteiger partial charge in [-0.15, -0.1) is 0 Å². The molecule has 0 bridgehead atoms. The van der Waals surface area contributed by atoms with Gasteiger partial charge in [-0.05, 0) is 19.1 Å². The van der Waals surface area contributed by atoms with Crippen LogP contribution in [0.25, 0.3) is 10.9 Å². The predicted octanol–water partition coefficient (Wildman–Crippen LogP) is 2.13. The van der Waals surface area contributed by atoms with Crippen molar-refractivity contribution in [2.45, 2.75) is 13.0 Å². The molecule has 1 atom stereocenters. The number of aryl methyl sites for hydroxylation is 1. The van der Waals surface area contributed by atoms with Gasteiger partial charge in [0.2, 0.25) is 5.95 Å². The summed E-state index contributed by atoms with van der Waals surface area (Å²) in [6, 6.07) is 5.66. The molecule has 3 N–H and O–H groups in total. The van der Waals surface area contributed by atoms with Crippen LogP contribution in [-0.2, 0) is 7.05 Å². The minimum absolute atomic E-state index is 0.0242. The zero-order valence-electron chi connectivity index (χ0n) is 12.7. The monoisotopic (exact) mass is 298 g/mol. The van der Waals surface area contributed by atoms with Crippen LogP contribution in [0.3, 0.4) is 0 Å². The van der Waals surface area contributed by atoms with E-state index >= 15 is 0 Å². The molecule has 0 amide bonds. The Morgan fingerprint density at radius 2 is 2.14 bits per heavy atom. The number of hydrogen-bond donors (Lipinski definition) is 2. The van der Waals surface area contributed by atoms with E-state index in [9.17, 15) is 0 Å². The molecule has 0 spiro atoms. The fraction of sp³-hybridized carbons (Fsp3) is 0.267. The van der Waals surface area contributed by atoms with Crippen molar-refractivity contribution in [3.8, 4) is 5.75 Å². The second-order valence-electron chi connectivity index (χ2n) is 5.10. The average molecular weight is 298 g/mol. The van der Waals surface area contributed by atoms with E-state index in [-0.39, 0.29) is 12.0 Å². The molecule has 0 fully saturated rings. The van der Waals surface area contributed by atoms with Gasteiger partial charge in [0.25, 0.3) is 0 Å². The van der Waals surface area contributed by atoms with Gasteiger partial charge in [0.1, 0.15) is 11.6 Å². The topological polar surface area (TPSA) is 90.9 Å². The number of nitrogen functional groups attached to an aromatic ring is 1. The largest absolute Gasteiger partial charge is 0.496 e. The van der Waals surface area contributed by atoms with E-state index in [1.165, 1.54) is 0 Å². The van der Waals surface area contributed by atoms with Crippen molar-refractivity contribution >= 4 is 22.7 Å². The highest BCUT2D eigenvalue weighted by Crippen LogP contribution is 2.32. The molecule has 114 valence electrons. The van der Waals surface area contributed by atoms with Crippen molar-refractivity contribution in [2.75, 3.05) is 18.2 Å². The molecule has 7 heteroatoms. The van der Waals surface area contributed by atoms with Crippen LogP contribution in [0.1, 0.15) is 18.5 Å². The zero-order chi connectivity index (χ0) is 15.7. The maximum Gasteiger partial charge on any atom is 0.222 e. The summed E-state index contributed by atoms with van der Waals surface area (Å²) < 4.78 is 7.19. The molecule has 2 aromatic heterocycles. The number of nitrogens with two attached hydrogens (primary N) is 1. The number of rotatable bonds is 4. The summed E-state index contributed by atoms with van der Waals surface area (Å²) in [6.07, 6.45) is 3.78. The summed E-state index contributed by atoms with van der Waals surface area (Å²) in [5.41, 5.74) is 7.62. The van der Waals surface area contributed by atoms with Crippen LogP contribution in [0.5, 0.6) is 5.75 Å². The van der Waals surface area contributed by atoms with E-state index < -0.39 is 0 Å². The quantitative estimate of drug-likeness (QED) is 0.766. The molecule has 1 aromatic carbocycles. The van der Waals surface area contributed by atoms with Crippen molar-refractivity contribution in [3.05, 3.63) is 36.2 Å². The normalized spacial score (nSPS) is 12.3. The molecule has 0 radical (unpaired) electrons. The maximum absolute atomic E-state index is 5.82. The lowest BCUT2D eigenvalue weighted by molar-refractivity contribution is 0.419. The van der Waals surface area contributed by atoms with E-state index in [4.69, 9.17) is 10.5 Å². The summed E-state index contributed by atoms with van der Waals surface area (Å²) in [6.45, 7) is 2.04. The molecule has 0 saturated heterocycles. The van der Waals surface area contributed by atoms with Gasteiger partial charge >= 0.3 is 0 Å². The lowest BCUT2D eigenvalue weighted by atomic mass is 10.1. The second kappa shape index (κ2) is 5.51. The summed E-state index contributed by atoms with van der Waals surface area (Å²) in [7, 11) is 3.51. The Kier molecular flexibility index (Phi) is 3.54. The lowest BCUT2D eigenvalue weighted by Gasteiger charge is -2.16. The highest BCUT2D eigenvalue weighted by molar-refractivity contribution is 5.95. The van der Waals surface area contributed by atoms with Crippen molar-refractivity contribution in [3.63, 3.8) is 0 Å². The number of nitrogens with one attached hydrogen (secondary N) is 1. The van der Waals surface area contributed by atoms with Crippen molar-refractivity contribution in [1.29, 1.82) is 0 Å². The number of aromatic nitrogens is 4. The molecule has 0 saturated carbocycles. The average Bonchev–Trinajstić information content (AvgIpc) is 2.93. The van der Waals surface area contributed by atoms with Gasteiger partial charge in [-0.2, -0.15) is 10.1 Å². The third-order valence-corrected chi connectivity index (χ3v) is 3.50. The van der Waals surface area contributed by atoms with Crippen LogP contribution in [0.2, 0.25) is 0 Å². The van der Waals surface area contributed by atoms with E-state index in [0.717, 1.165) is 16.5 Å². The van der Waals surface area contributed by atoms with E-state index in [1.54, 1.807) is 11.8 Å². The Bertz CT molecular complexity index is 813. The Balaban J connectivity index is 2.05. The number of hydrogen-bond acceptors (Lipinski definition) is 6. The lowest BCUT2D eigenvalue weighted by Crippen LogP contribution is -2.10. The molecule has 0 aliphatic heterocycles. The first-order valence-corrected chi connectivity index (χ1v) is 6.94. The van der Waals surface area contributed by atoms with Gasteiger partial charge < -0.3 is 15.8 Å². The number of methoxy groups -OCH3 is 1. The van der Waals surface area contributed by atoms with E-state index in [2.05, 4.69) is 20.4 Å². The molecule has 3 aromatic rings. The third-order valence-electron chi connectivity index (χ3n) is 3.50. The van der Waals surface area contributed by atoms with Crippen LogP contribution >= 0.6 is 0 Å². The number of nitrogens with zero attached hydrogens (tertiary/aromatic N) is 4. The fourth-order valence-corrected chi connectivity index (χ4v) is 2.40. The van der Waals surface area contributed by atoms with Crippen LogP contribution < -0.4 is 15.8 Å². The van der Waals surface area contributed by atoms with Crippen LogP contribution in [0.15, 0.2) is 30.6 Å². The molecule has 0 unspecified atom stereocenters. The zero-order valence-corrected chi connectivity index (χ0v) is 12.7. The van der Waals surface area contributed by atoms with Gasteiger partial charge in [0.05, 0.1) is 30.3 Å². The number of fused-ring (bicyclic) bond motifs is 1. The summed E-state index contributed by atoms with van der Waals surface area (Å²) in [4.78, 5) is 8.59. The van der Waals surface area contributed by atoms with Crippen LogP contribution in [0, 0.1) is 0 Å². The van der Waals surface area contributed by atoms with Crippen molar-refractivity contribution in [2.24, 2.45) is 7.05 Å². The van der Waals surface area contributed by atoms with Gasteiger partial charge in [0.15, 0.2) is 0 Å². The summed E-state index contributed by atoms with van der Waals surface area (Å²) in [5.74, 6) is 1.58. The van der Waals surface area contributed by atoms with Crippen molar-refractivity contribution < 1.29 is 4.74 Å². The molecule has 3 rings (SSSR count). The molecular formula is C15H18N6O. The van der Waals surface area contributed by atoms with Gasteiger partial charge in [-0.1, -0.05) is 6.07 Å². The van der Waals surface area contributed by atoms with E-state index in [1.807, 2.05) is 44.6 Å². The fourth-order valence-electron chi connectivity index (χ4n) is 2.40. The van der Waals surface area contributed by atoms with Gasteiger partial charge in [-0.25, -0.2) is 4.98 Å². The first-order valence-electron chi connectivity index (χ1n) is 6.94. The number of benzene rings is 1. The second-order valence-corrected chi connectivity index (χ2v) is 5.10. The predicted molar refractivity (Wildman–Crippen MR) is 85.7 cm³/mol. The van der Waals surface area contributed by atoms with Crippen molar-refractivity contribution in [1.82, 2.24) is 19.7 Å². The van der Waals surface area contributed by atoms with Crippen LogP contribution in [-0.4, -0.2) is 26.9 Å². The standard InChI is InChI=1S/C15H18N6O/c1-9(10-7-17-21(2)8-10)18-14-13-11(19-15(16)20-14)5-4-6-12(13)22-3/h4-9H,1-3H3,(H3,16,18,19,20)/t9-/m1/s1. The molecule has 7 nitrogen and oxygen atoms in total. The number of anilines is 2. The first kappa shape index (κ1) is 14.1. The van der Waals surface area contributed by atoms with E-state index in [0.29, 0.717) is 11.6 Å². The first-order chi connectivity index (χ1) is 10.6. The molecule has 22 heavy (non-hydrogen) atoms. The molecule has 0 aliphatic rings. The maximum atomic E-state index is 5.82. The van der Waals surface area contributed by atoms with Crippen LogP contribution in [0.4, 0.5) is 11.8 Å².